The highest BCUT2D eigenvalue weighted by molar-refractivity contribution is 8.00. The summed E-state index contributed by atoms with van der Waals surface area (Å²) in [6.07, 6.45) is 0.185. The number of benzene rings is 3. The van der Waals surface area contributed by atoms with E-state index in [-0.39, 0.29) is 18.9 Å². The van der Waals surface area contributed by atoms with Gasteiger partial charge in [-0.05, 0) is 35.4 Å². The van der Waals surface area contributed by atoms with Crippen molar-refractivity contribution < 1.29 is 14.4 Å². The molecule has 3 amide bonds. The van der Waals surface area contributed by atoms with Crippen molar-refractivity contribution in [3.63, 3.8) is 0 Å². The number of amides is 3. The molecule has 0 atom stereocenters. The number of carbonyl (C=O) groups excluding carboxylic acids is 3. The molecule has 0 radical (unpaired) electrons. The zero-order valence-corrected chi connectivity index (χ0v) is 19.7. The standard InChI is InChI=1S/C25H22N4O3S2/c30-22(14-17-6-2-1-3-7-17)26-15-23(31)28-29-24(32)19-12-10-18(11-13-19)16-33-25-27-20-8-4-5-9-21(20)34-25/h1-13H,14-16H2,(H,26,30)(H,28,31)(H,29,32). The number of para-hydroxylation sites is 1. The fourth-order valence-electron chi connectivity index (χ4n) is 3.08. The quantitative estimate of drug-likeness (QED) is 0.258. The lowest BCUT2D eigenvalue weighted by atomic mass is 10.1. The van der Waals surface area contributed by atoms with E-state index in [1.807, 2.05) is 60.7 Å². The number of carbonyl (C=O) groups is 3. The fraction of sp³-hybridized carbons (Fsp3) is 0.120. The van der Waals surface area contributed by atoms with E-state index in [0.717, 1.165) is 31.4 Å². The zero-order chi connectivity index (χ0) is 23.8. The maximum absolute atomic E-state index is 12.3. The van der Waals surface area contributed by atoms with Gasteiger partial charge in [-0.3, -0.25) is 25.2 Å². The lowest BCUT2D eigenvalue weighted by molar-refractivity contribution is -0.126. The SMILES string of the molecule is O=C(Cc1ccccc1)NCC(=O)NNC(=O)c1ccc(CSc2nc3ccccc3s2)cc1. The van der Waals surface area contributed by atoms with E-state index in [9.17, 15) is 14.4 Å². The molecule has 0 spiro atoms. The number of hydrogen-bond donors (Lipinski definition) is 3. The predicted octanol–water partition coefficient (Wildman–Crippen LogP) is 3.71. The van der Waals surface area contributed by atoms with Gasteiger partial charge in [0, 0.05) is 11.3 Å². The van der Waals surface area contributed by atoms with Crippen LogP contribution in [-0.2, 0) is 21.8 Å². The largest absolute Gasteiger partial charge is 0.347 e. The number of thioether (sulfide) groups is 1. The number of thiazole rings is 1. The number of nitrogens with one attached hydrogen (secondary N) is 3. The summed E-state index contributed by atoms with van der Waals surface area (Å²) < 4.78 is 2.16. The lowest BCUT2D eigenvalue weighted by Gasteiger charge is -2.09. The molecule has 0 aliphatic heterocycles. The third-order valence-electron chi connectivity index (χ3n) is 4.82. The number of aromatic nitrogens is 1. The molecule has 0 unspecified atom stereocenters. The number of hydrogen-bond acceptors (Lipinski definition) is 6. The van der Waals surface area contributed by atoms with Crippen LogP contribution in [-0.4, -0.2) is 29.3 Å². The molecule has 1 heterocycles. The number of rotatable bonds is 8. The van der Waals surface area contributed by atoms with Gasteiger partial charge in [0.25, 0.3) is 11.8 Å². The van der Waals surface area contributed by atoms with Crippen molar-refractivity contribution in [1.29, 1.82) is 0 Å². The van der Waals surface area contributed by atoms with Crippen LogP contribution in [0.25, 0.3) is 10.2 Å². The molecule has 0 saturated carbocycles. The van der Waals surface area contributed by atoms with Crippen LogP contribution in [0.1, 0.15) is 21.5 Å². The molecule has 7 nitrogen and oxygen atoms in total. The highest BCUT2D eigenvalue weighted by Crippen LogP contribution is 2.31. The molecule has 3 N–H and O–H groups in total. The van der Waals surface area contributed by atoms with Gasteiger partial charge in [-0.25, -0.2) is 4.98 Å². The monoisotopic (exact) mass is 490 g/mol. The Bertz CT molecular complexity index is 1260. The molecule has 1 aromatic heterocycles. The molecule has 0 aliphatic rings. The van der Waals surface area contributed by atoms with Gasteiger partial charge in [-0.15, -0.1) is 11.3 Å². The van der Waals surface area contributed by atoms with Crippen LogP contribution in [0.4, 0.5) is 0 Å². The highest BCUT2D eigenvalue weighted by Gasteiger charge is 2.10. The van der Waals surface area contributed by atoms with Crippen LogP contribution in [0.3, 0.4) is 0 Å². The fourth-order valence-corrected chi connectivity index (χ4v) is 5.10. The van der Waals surface area contributed by atoms with E-state index in [4.69, 9.17) is 0 Å². The Labute approximate surface area is 205 Å². The first-order chi connectivity index (χ1) is 16.6. The number of nitrogens with zero attached hydrogens (tertiary/aromatic N) is 1. The lowest BCUT2D eigenvalue weighted by Crippen LogP contribution is -2.46. The second-order valence-electron chi connectivity index (χ2n) is 7.37. The van der Waals surface area contributed by atoms with Gasteiger partial charge >= 0.3 is 0 Å². The first-order valence-electron chi connectivity index (χ1n) is 10.5. The molecule has 0 bridgehead atoms. The first-order valence-corrected chi connectivity index (χ1v) is 12.3. The number of hydrazine groups is 1. The summed E-state index contributed by atoms with van der Waals surface area (Å²) in [6.45, 7) is -0.228. The normalized spacial score (nSPS) is 10.6. The molecule has 34 heavy (non-hydrogen) atoms. The Hall–Kier alpha value is -3.69. The second kappa shape index (κ2) is 11.4. The third-order valence-corrected chi connectivity index (χ3v) is 7.07. The van der Waals surface area contributed by atoms with E-state index in [2.05, 4.69) is 27.2 Å². The van der Waals surface area contributed by atoms with Gasteiger partial charge in [-0.1, -0.05) is 66.4 Å². The van der Waals surface area contributed by atoms with Crippen molar-refractivity contribution in [2.45, 2.75) is 16.5 Å². The molecule has 172 valence electrons. The molecule has 0 fully saturated rings. The van der Waals surface area contributed by atoms with Crippen LogP contribution in [0.5, 0.6) is 0 Å². The Morgan fingerprint density at radius 2 is 1.53 bits per heavy atom. The van der Waals surface area contributed by atoms with Crippen molar-refractivity contribution in [3.05, 3.63) is 95.6 Å². The molecule has 0 saturated heterocycles. The second-order valence-corrected chi connectivity index (χ2v) is 9.63. The van der Waals surface area contributed by atoms with Crippen molar-refractivity contribution in [1.82, 2.24) is 21.2 Å². The Morgan fingerprint density at radius 3 is 2.29 bits per heavy atom. The average molecular weight is 491 g/mol. The zero-order valence-electron chi connectivity index (χ0n) is 18.1. The van der Waals surface area contributed by atoms with E-state index in [1.54, 1.807) is 35.2 Å². The van der Waals surface area contributed by atoms with Gasteiger partial charge in [0.15, 0.2) is 4.34 Å². The third kappa shape index (κ3) is 6.66. The Balaban J connectivity index is 1.18. The van der Waals surface area contributed by atoms with Crippen LogP contribution in [0, 0.1) is 0 Å². The molecule has 4 aromatic rings. The summed E-state index contributed by atoms with van der Waals surface area (Å²) in [7, 11) is 0. The van der Waals surface area contributed by atoms with Gasteiger partial charge in [0.1, 0.15) is 0 Å². The van der Waals surface area contributed by atoms with Gasteiger partial charge < -0.3 is 5.32 Å². The summed E-state index contributed by atoms with van der Waals surface area (Å²) in [5.74, 6) is -0.485. The van der Waals surface area contributed by atoms with Crippen LogP contribution >= 0.6 is 23.1 Å². The summed E-state index contributed by atoms with van der Waals surface area (Å²) in [5.41, 5.74) is 8.01. The van der Waals surface area contributed by atoms with Gasteiger partial charge in [-0.2, -0.15) is 0 Å². The highest BCUT2D eigenvalue weighted by atomic mass is 32.2. The van der Waals surface area contributed by atoms with E-state index < -0.39 is 11.8 Å². The summed E-state index contributed by atoms with van der Waals surface area (Å²) in [6, 6.07) is 24.4. The maximum Gasteiger partial charge on any atom is 0.269 e. The van der Waals surface area contributed by atoms with Crippen molar-refractivity contribution in [2.75, 3.05) is 6.54 Å². The average Bonchev–Trinajstić information content (AvgIpc) is 3.29. The van der Waals surface area contributed by atoms with E-state index in [1.165, 1.54) is 0 Å². The molecule has 4 rings (SSSR count). The predicted molar refractivity (Wildman–Crippen MR) is 134 cm³/mol. The molecular weight excluding hydrogens is 468 g/mol. The minimum absolute atomic E-state index is 0.185. The van der Waals surface area contributed by atoms with Gasteiger partial charge in [0.05, 0.1) is 23.2 Å². The van der Waals surface area contributed by atoms with Crippen LogP contribution in [0.2, 0.25) is 0 Å². The minimum Gasteiger partial charge on any atom is -0.347 e. The van der Waals surface area contributed by atoms with E-state index in [0.29, 0.717) is 5.56 Å². The molecular formula is C25H22N4O3S2. The summed E-state index contributed by atoms with van der Waals surface area (Å²) >= 11 is 3.31. The van der Waals surface area contributed by atoms with Gasteiger partial charge in [0.2, 0.25) is 5.91 Å². The summed E-state index contributed by atoms with van der Waals surface area (Å²) in [5, 5.41) is 2.53. The first kappa shape index (κ1) is 23.5. The van der Waals surface area contributed by atoms with Crippen LogP contribution < -0.4 is 16.2 Å². The molecule has 0 aliphatic carbocycles. The van der Waals surface area contributed by atoms with Crippen LogP contribution in [0.15, 0.2) is 83.2 Å². The molecule has 9 heteroatoms. The Kier molecular flexibility index (Phi) is 7.90. The summed E-state index contributed by atoms with van der Waals surface area (Å²) in [4.78, 5) is 40.7. The van der Waals surface area contributed by atoms with Crippen molar-refractivity contribution >= 4 is 51.0 Å². The minimum atomic E-state index is -0.515. The Morgan fingerprint density at radius 1 is 0.794 bits per heavy atom. The van der Waals surface area contributed by atoms with E-state index >= 15 is 0 Å². The topological polar surface area (TPSA) is 100 Å². The van der Waals surface area contributed by atoms with Crippen molar-refractivity contribution in [3.8, 4) is 0 Å². The molecule has 3 aromatic carbocycles. The maximum atomic E-state index is 12.3. The smallest absolute Gasteiger partial charge is 0.269 e. The van der Waals surface area contributed by atoms with Crippen molar-refractivity contribution in [2.24, 2.45) is 0 Å². The number of fused-ring (bicyclic) bond motifs is 1.